The van der Waals surface area contributed by atoms with Crippen molar-refractivity contribution in [3.8, 4) is 11.5 Å². The van der Waals surface area contributed by atoms with Crippen molar-refractivity contribution < 1.29 is 23.8 Å². The zero-order valence-corrected chi connectivity index (χ0v) is 23.0. The number of hydrogen-bond acceptors (Lipinski definition) is 5. The molecule has 0 saturated carbocycles. The summed E-state index contributed by atoms with van der Waals surface area (Å²) in [5.74, 6) is 2.42. The van der Waals surface area contributed by atoms with Crippen molar-refractivity contribution in [2.45, 2.75) is 64.4 Å². The van der Waals surface area contributed by atoms with E-state index in [1.165, 1.54) is 0 Å². The molecule has 0 atom stereocenters. The van der Waals surface area contributed by atoms with E-state index in [1.54, 1.807) is 0 Å². The third-order valence-electron chi connectivity index (χ3n) is 8.04. The van der Waals surface area contributed by atoms with E-state index in [4.69, 9.17) is 14.2 Å². The summed E-state index contributed by atoms with van der Waals surface area (Å²) < 4.78 is 18.9. The summed E-state index contributed by atoms with van der Waals surface area (Å²) >= 11 is 0. The van der Waals surface area contributed by atoms with Gasteiger partial charge in [-0.2, -0.15) is 0 Å². The van der Waals surface area contributed by atoms with E-state index in [-0.39, 0.29) is 11.6 Å². The summed E-state index contributed by atoms with van der Waals surface area (Å²) in [6.07, 6.45) is 6.32. The van der Waals surface area contributed by atoms with Gasteiger partial charge in [0.05, 0.1) is 6.61 Å². The van der Waals surface area contributed by atoms with Gasteiger partial charge in [0.2, 0.25) is 0 Å². The van der Waals surface area contributed by atoms with Gasteiger partial charge in [0.25, 0.3) is 0 Å². The summed E-state index contributed by atoms with van der Waals surface area (Å²) in [4.78, 5) is 26.6. The Bertz CT molecular complexity index is 1530. The number of Topliss-reactive ketones (excluding diaryl/α,β-unsaturated/α-hetero) is 2. The van der Waals surface area contributed by atoms with Crippen LogP contribution in [-0.4, -0.2) is 18.2 Å². The molecule has 5 nitrogen and oxygen atoms in total. The van der Waals surface area contributed by atoms with E-state index in [9.17, 15) is 9.59 Å². The number of ketones is 2. The second kappa shape index (κ2) is 11.2. The molecular formula is C35H34O5. The molecule has 0 N–H and O–H groups in total. The fourth-order valence-electron chi connectivity index (χ4n) is 6.30. The third-order valence-corrected chi connectivity index (χ3v) is 8.04. The molecule has 1 aliphatic heterocycles. The van der Waals surface area contributed by atoms with E-state index in [0.29, 0.717) is 68.0 Å². The number of carbonyl (C=O) groups excluding carboxylic acids is 2. The average Bonchev–Trinajstić information content (AvgIpc) is 2.96. The number of fused-ring (bicyclic) bond motifs is 1. The molecule has 0 bridgehead atoms. The highest BCUT2D eigenvalue weighted by Gasteiger charge is 2.42. The molecule has 6 rings (SSSR count). The summed E-state index contributed by atoms with van der Waals surface area (Å²) in [5.41, 5.74) is 4.14. The minimum atomic E-state index is -0.450. The van der Waals surface area contributed by atoms with Crippen molar-refractivity contribution >= 4 is 22.3 Å². The summed E-state index contributed by atoms with van der Waals surface area (Å²) in [6.45, 7) is 6.76. The number of hydrogen-bond donors (Lipinski definition) is 0. The van der Waals surface area contributed by atoms with Crippen LogP contribution < -0.4 is 9.47 Å². The SMILES string of the molecule is C=CCc1cc(C2C3=C(CCCC3=O)OC3=C2C(=O)CCC3)cc(OCC)c1OCc1cccc2ccccc12. The fraction of sp³-hybridized carbons (Fsp3) is 0.314. The van der Waals surface area contributed by atoms with E-state index in [2.05, 4.69) is 36.9 Å². The second-order valence-electron chi connectivity index (χ2n) is 10.6. The van der Waals surface area contributed by atoms with E-state index in [0.717, 1.165) is 51.8 Å². The minimum absolute atomic E-state index is 0.0655. The molecule has 204 valence electrons. The van der Waals surface area contributed by atoms with Crippen LogP contribution in [0, 0.1) is 0 Å². The molecule has 0 spiro atoms. The summed E-state index contributed by atoms with van der Waals surface area (Å²) in [6, 6.07) is 18.5. The van der Waals surface area contributed by atoms with E-state index >= 15 is 0 Å². The van der Waals surface area contributed by atoms with Gasteiger partial charge in [-0.15, -0.1) is 6.58 Å². The van der Waals surface area contributed by atoms with Crippen LogP contribution in [0.3, 0.4) is 0 Å². The average molecular weight is 535 g/mol. The standard InChI is InChI=1S/C35H34O5/c1-3-10-23-19-25(32-33-27(36)15-8-17-29(33)40-30-18-9-16-28(37)34(30)32)20-31(38-4-2)35(23)39-21-24-13-7-12-22-11-5-6-14-26(22)24/h3,5-7,11-14,19-20,32H,1,4,8-10,15-18,21H2,2H3. The second-order valence-corrected chi connectivity index (χ2v) is 10.6. The number of benzene rings is 3. The Hall–Kier alpha value is -4.12. The first-order chi connectivity index (χ1) is 19.6. The van der Waals surface area contributed by atoms with Gasteiger partial charge in [-0.3, -0.25) is 9.59 Å². The van der Waals surface area contributed by atoms with Gasteiger partial charge in [-0.05, 0) is 54.2 Å². The third kappa shape index (κ3) is 4.74. The van der Waals surface area contributed by atoms with Crippen molar-refractivity contribution in [3.05, 3.63) is 107 Å². The normalized spacial score (nSPS) is 17.4. The van der Waals surface area contributed by atoms with Crippen molar-refractivity contribution in [3.63, 3.8) is 0 Å². The Balaban J connectivity index is 1.46. The lowest BCUT2D eigenvalue weighted by Gasteiger charge is -2.36. The Labute approximate surface area is 235 Å². The molecule has 3 aromatic rings. The van der Waals surface area contributed by atoms with Crippen LogP contribution in [0.1, 0.15) is 68.1 Å². The molecule has 40 heavy (non-hydrogen) atoms. The molecule has 1 heterocycles. The monoisotopic (exact) mass is 534 g/mol. The Kier molecular flexibility index (Phi) is 7.29. The maximum atomic E-state index is 13.3. The minimum Gasteiger partial charge on any atom is -0.490 e. The van der Waals surface area contributed by atoms with Gasteiger partial charge in [-0.1, -0.05) is 54.6 Å². The largest absolute Gasteiger partial charge is 0.490 e. The van der Waals surface area contributed by atoms with Crippen LogP contribution in [-0.2, 0) is 27.4 Å². The quantitative estimate of drug-likeness (QED) is 0.278. The molecule has 0 unspecified atom stereocenters. The van der Waals surface area contributed by atoms with Crippen LogP contribution in [0.25, 0.3) is 10.8 Å². The molecule has 3 aromatic carbocycles. The van der Waals surface area contributed by atoms with Crippen molar-refractivity contribution in [1.82, 2.24) is 0 Å². The highest BCUT2D eigenvalue weighted by Crippen LogP contribution is 2.49. The van der Waals surface area contributed by atoms with Crippen LogP contribution in [0.15, 0.2) is 89.9 Å². The Morgan fingerprint density at radius 1 is 0.875 bits per heavy atom. The number of allylic oxidation sites excluding steroid dienone is 5. The topological polar surface area (TPSA) is 61.8 Å². The van der Waals surface area contributed by atoms with Crippen molar-refractivity contribution in [1.29, 1.82) is 0 Å². The zero-order chi connectivity index (χ0) is 27.6. The highest BCUT2D eigenvalue weighted by molar-refractivity contribution is 6.05. The van der Waals surface area contributed by atoms with Gasteiger partial charge in [-0.25, -0.2) is 0 Å². The van der Waals surface area contributed by atoms with Gasteiger partial charge >= 0.3 is 0 Å². The van der Waals surface area contributed by atoms with E-state index in [1.807, 2.05) is 37.3 Å². The molecule has 0 amide bonds. The number of rotatable bonds is 8. The van der Waals surface area contributed by atoms with Crippen LogP contribution in [0.4, 0.5) is 0 Å². The molecule has 3 aliphatic rings. The molecule has 0 fully saturated rings. The molecule has 0 aromatic heterocycles. The van der Waals surface area contributed by atoms with Crippen LogP contribution in [0.5, 0.6) is 11.5 Å². The molecular weight excluding hydrogens is 500 g/mol. The lowest BCUT2D eigenvalue weighted by Crippen LogP contribution is -2.30. The van der Waals surface area contributed by atoms with Gasteiger partial charge in [0, 0.05) is 48.3 Å². The Morgan fingerprint density at radius 2 is 1.57 bits per heavy atom. The molecule has 0 radical (unpaired) electrons. The van der Waals surface area contributed by atoms with E-state index < -0.39 is 5.92 Å². The zero-order valence-electron chi connectivity index (χ0n) is 23.0. The molecule has 2 aliphatic carbocycles. The predicted molar refractivity (Wildman–Crippen MR) is 155 cm³/mol. The van der Waals surface area contributed by atoms with Gasteiger partial charge in [0.1, 0.15) is 18.1 Å². The molecule has 0 saturated heterocycles. The Morgan fingerprint density at radius 3 is 2.27 bits per heavy atom. The molecule has 5 heteroatoms. The maximum absolute atomic E-state index is 13.3. The number of carbonyl (C=O) groups is 2. The van der Waals surface area contributed by atoms with Crippen LogP contribution in [0.2, 0.25) is 0 Å². The lowest BCUT2D eigenvalue weighted by atomic mass is 9.73. The smallest absolute Gasteiger partial charge is 0.165 e. The predicted octanol–water partition coefficient (Wildman–Crippen LogP) is 7.67. The van der Waals surface area contributed by atoms with Crippen molar-refractivity contribution in [2.75, 3.05) is 6.61 Å². The van der Waals surface area contributed by atoms with Gasteiger partial charge in [0.15, 0.2) is 23.1 Å². The lowest BCUT2D eigenvalue weighted by molar-refractivity contribution is -0.117. The fourth-order valence-corrected chi connectivity index (χ4v) is 6.30. The summed E-state index contributed by atoms with van der Waals surface area (Å²) in [5, 5.41) is 2.31. The first-order valence-electron chi connectivity index (χ1n) is 14.3. The van der Waals surface area contributed by atoms with Crippen molar-refractivity contribution in [2.24, 2.45) is 0 Å². The highest BCUT2D eigenvalue weighted by atomic mass is 16.5. The number of ether oxygens (including phenoxy) is 3. The first kappa shape index (κ1) is 26.1. The maximum Gasteiger partial charge on any atom is 0.165 e. The van der Waals surface area contributed by atoms with Crippen LogP contribution >= 0.6 is 0 Å². The first-order valence-corrected chi connectivity index (χ1v) is 14.3. The summed E-state index contributed by atoms with van der Waals surface area (Å²) in [7, 11) is 0. The van der Waals surface area contributed by atoms with Gasteiger partial charge < -0.3 is 14.2 Å².